The molecule has 7 heteroatoms. The number of esters is 1. The van der Waals surface area contributed by atoms with Crippen molar-refractivity contribution in [3.8, 4) is 0 Å². The lowest BCUT2D eigenvalue weighted by atomic mass is 9.96. The highest BCUT2D eigenvalue weighted by atomic mass is 16.5. The van der Waals surface area contributed by atoms with Crippen LogP contribution in [0.2, 0.25) is 0 Å². The first kappa shape index (κ1) is 20.9. The number of carboxylic acids is 2. The topological polar surface area (TPSA) is 121 Å². The standard InChI is InChI=1S/C16H24O7/c1-11(2)5-4-6-12(3)7-8-23-14(19)10-16(22,15(20)21)9-13(17)18/h5,7,22H,4,6,8-10H2,1-3H3,(H,17,18)(H,20,21)/b12-7-. The fourth-order valence-corrected chi connectivity index (χ4v) is 1.72. The van der Waals surface area contributed by atoms with Crippen molar-refractivity contribution in [1.29, 1.82) is 0 Å². The van der Waals surface area contributed by atoms with Crippen LogP contribution in [-0.4, -0.2) is 45.4 Å². The third-order valence-corrected chi connectivity index (χ3v) is 3.05. The Bertz CT molecular complexity index is 501. The molecule has 0 aromatic rings. The summed E-state index contributed by atoms with van der Waals surface area (Å²) in [7, 11) is 0. The minimum atomic E-state index is -2.66. The van der Waals surface area contributed by atoms with Crippen LogP contribution in [0.5, 0.6) is 0 Å². The Morgan fingerprint density at radius 1 is 1.04 bits per heavy atom. The summed E-state index contributed by atoms with van der Waals surface area (Å²) in [4.78, 5) is 33.0. The summed E-state index contributed by atoms with van der Waals surface area (Å²) in [5, 5.41) is 27.1. The molecule has 0 bridgehead atoms. The third-order valence-electron chi connectivity index (χ3n) is 3.05. The van der Waals surface area contributed by atoms with Crippen LogP contribution in [-0.2, 0) is 19.1 Å². The van der Waals surface area contributed by atoms with E-state index >= 15 is 0 Å². The molecule has 3 N–H and O–H groups in total. The molecule has 0 saturated heterocycles. The van der Waals surface area contributed by atoms with Gasteiger partial charge in [-0.3, -0.25) is 9.59 Å². The summed E-state index contributed by atoms with van der Waals surface area (Å²) in [6.07, 6.45) is 3.46. The Morgan fingerprint density at radius 2 is 1.65 bits per heavy atom. The minimum absolute atomic E-state index is 0.0533. The van der Waals surface area contributed by atoms with E-state index in [4.69, 9.17) is 14.9 Å². The van der Waals surface area contributed by atoms with Crippen LogP contribution in [0.4, 0.5) is 0 Å². The van der Waals surface area contributed by atoms with Gasteiger partial charge in [-0.15, -0.1) is 0 Å². The number of aliphatic hydroxyl groups is 1. The average molecular weight is 328 g/mol. The van der Waals surface area contributed by atoms with Gasteiger partial charge >= 0.3 is 17.9 Å². The highest BCUT2D eigenvalue weighted by Gasteiger charge is 2.41. The van der Waals surface area contributed by atoms with Gasteiger partial charge in [0.05, 0.1) is 12.8 Å². The van der Waals surface area contributed by atoms with Crippen molar-refractivity contribution in [2.45, 2.75) is 52.1 Å². The zero-order valence-corrected chi connectivity index (χ0v) is 13.7. The molecule has 0 fully saturated rings. The van der Waals surface area contributed by atoms with Gasteiger partial charge < -0.3 is 20.1 Å². The predicted molar refractivity (Wildman–Crippen MR) is 82.8 cm³/mol. The fraction of sp³-hybridized carbons (Fsp3) is 0.562. The number of carbonyl (C=O) groups is 3. The highest BCUT2D eigenvalue weighted by molar-refractivity contribution is 5.88. The van der Waals surface area contributed by atoms with Crippen molar-refractivity contribution < 1.29 is 34.4 Å². The molecule has 0 spiro atoms. The molecule has 23 heavy (non-hydrogen) atoms. The summed E-state index contributed by atoms with van der Waals surface area (Å²) < 4.78 is 4.82. The summed E-state index contributed by atoms with van der Waals surface area (Å²) in [5.74, 6) is -4.26. The van der Waals surface area contributed by atoms with Gasteiger partial charge in [0.2, 0.25) is 0 Å². The Balaban J connectivity index is 4.40. The quantitative estimate of drug-likeness (QED) is 0.413. The Labute approximate surface area is 135 Å². The second kappa shape index (κ2) is 9.78. The molecule has 0 heterocycles. The normalized spacial score (nSPS) is 13.8. The van der Waals surface area contributed by atoms with Gasteiger partial charge in [0.1, 0.15) is 6.61 Å². The van der Waals surface area contributed by atoms with Gasteiger partial charge in [-0.1, -0.05) is 17.2 Å². The zero-order chi connectivity index (χ0) is 18.0. The predicted octanol–water partition coefficient (Wildman–Crippen LogP) is 1.90. The van der Waals surface area contributed by atoms with E-state index in [1.165, 1.54) is 5.57 Å². The fourth-order valence-electron chi connectivity index (χ4n) is 1.72. The van der Waals surface area contributed by atoms with E-state index in [-0.39, 0.29) is 6.61 Å². The van der Waals surface area contributed by atoms with Gasteiger partial charge in [0, 0.05) is 0 Å². The molecule has 130 valence electrons. The van der Waals surface area contributed by atoms with Gasteiger partial charge in [0.25, 0.3) is 0 Å². The number of carboxylic acid groups (broad SMARTS) is 2. The molecule has 1 atom stereocenters. The Kier molecular flexibility index (Phi) is 8.87. The molecular formula is C16H24O7. The van der Waals surface area contributed by atoms with E-state index in [0.29, 0.717) is 0 Å². The summed E-state index contributed by atoms with van der Waals surface area (Å²) >= 11 is 0. The number of hydrogen-bond donors (Lipinski definition) is 3. The van der Waals surface area contributed by atoms with Gasteiger partial charge in [-0.25, -0.2) is 4.79 Å². The number of allylic oxidation sites excluding steroid dienone is 3. The maximum absolute atomic E-state index is 11.6. The van der Waals surface area contributed by atoms with Crippen LogP contribution in [0.25, 0.3) is 0 Å². The lowest BCUT2D eigenvalue weighted by molar-refractivity contribution is -0.171. The molecule has 1 unspecified atom stereocenters. The zero-order valence-electron chi connectivity index (χ0n) is 13.7. The van der Waals surface area contributed by atoms with Crippen LogP contribution in [0.3, 0.4) is 0 Å². The largest absolute Gasteiger partial charge is 0.481 e. The number of carbonyl (C=O) groups excluding carboxylic acids is 1. The molecule has 0 aromatic heterocycles. The molecule has 0 saturated carbocycles. The molecule has 0 amide bonds. The molecule has 7 nitrogen and oxygen atoms in total. The maximum Gasteiger partial charge on any atom is 0.336 e. The molecule has 0 rings (SSSR count). The summed E-state index contributed by atoms with van der Waals surface area (Å²) in [5.41, 5.74) is -0.435. The van der Waals surface area contributed by atoms with E-state index in [9.17, 15) is 19.5 Å². The van der Waals surface area contributed by atoms with E-state index < -0.39 is 36.4 Å². The lowest BCUT2D eigenvalue weighted by Crippen LogP contribution is -2.43. The SMILES string of the molecule is CC(C)=CCC/C(C)=C\COC(=O)CC(O)(CC(=O)O)C(=O)O. The summed E-state index contributed by atoms with van der Waals surface area (Å²) in [6, 6.07) is 0. The van der Waals surface area contributed by atoms with E-state index in [1.54, 1.807) is 6.08 Å². The Morgan fingerprint density at radius 3 is 2.13 bits per heavy atom. The molecule has 0 aliphatic carbocycles. The summed E-state index contributed by atoms with van der Waals surface area (Å²) in [6.45, 7) is 5.83. The second-order valence-electron chi connectivity index (χ2n) is 5.64. The average Bonchev–Trinajstić information content (AvgIpc) is 2.36. The van der Waals surface area contributed by atoms with Crippen molar-refractivity contribution in [2.24, 2.45) is 0 Å². The van der Waals surface area contributed by atoms with E-state index in [0.717, 1.165) is 18.4 Å². The van der Waals surface area contributed by atoms with E-state index in [2.05, 4.69) is 6.08 Å². The molecular weight excluding hydrogens is 304 g/mol. The van der Waals surface area contributed by atoms with Crippen molar-refractivity contribution in [2.75, 3.05) is 6.61 Å². The van der Waals surface area contributed by atoms with Crippen LogP contribution in [0, 0.1) is 0 Å². The number of rotatable bonds is 10. The van der Waals surface area contributed by atoms with E-state index in [1.807, 2.05) is 20.8 Å². The highest BCUT2D eigenvalue weighted by Crippen LogP contribution is 2.17. The monoisotopic (exact) mass is 328 g/mol. The smallest absolute Gasteiger partial charge is 0.336 e. The molecule has 0 aromatic carbocycles. The second-order valence-corrected chi connectivity index (χ2v) is 5.64. The minimum Gasteiger partial charge on any atom is -0.481 e. The maximum atomic E-state index is 11.6. The first-order chi connectivity index (χ1) is 10.6. The third kappa shape index (κ3) is 9.46. The van der Waals surface area contributed by atoms with Gasteiger partial charge in [-0.2, -0.15) is 0 Å². The molecule has 0 aliphatic heterocycles. The van der Waals surface area contributed by atoms with Gasteiger partial charge in [0.15, 0.2) is 5.60 Å². The van der Waals surface area contributed by atoms with Gasteiger partial charge in [-0.05, 0) is 39.7 Å². The van der Waals surface area contributed by atoms with Crippen LogP contribution >= 0.6 is 0 Å². The van der Waals surface area contributed by atoms with Crippen LogP contribution < -0.4 is 0 Å². The van der Waals surface area contributed by atoms with Crippen LogP contribution in [0.15, 0.2) is 23.3 Å². The Hall–Kier alpha value is -2.15. The van der Waals surface area contributed by atoms with Crippen molar-refractivity contribution in [1.82, 2.24) is 0 Å². The first-order valence-corrected chi connectivity index (χ1v) is 7.19. The molecule has 0 aliphatic rings. The first-order valence-electron chi connectivity index (χ1n) is 7.19. The van der Waals surface area contributed by atoms with Crippen molar-refractivity contribution >= 4 is 17.9 Å². The lowest BCUT2D eigenvalue weighted by Gasteiger charge is -2.19. The number of aliphatic carboxylic acids is 2. The number of hydrogen-bond acceptors (Lipinski definition) is 5. The van der Waals surface area contributed by atoms with Crippen molar-refractivity contribution in [3.05, 3.63) is 23.3 Å². The van der Waals surface area contributed by atoms with Crippen molar-refractivity contribution in [3.63, 3.8) is 0 Å². The van der Waals surface area contributed by atoms with Crippen LogP contribution in [0.1, 0.15) is 46.5 Å². The molecule has 0 radical (unpaired) electrons. The number of ether oxygens (including phenoxy) is 1.